The Kier molecular flexibility index (Phi) is 5.35. The van der Waals surface area contributed by atoms with E-state index in [2.05, 4.69) is 5.32 Å². The van der Waals surface area contributed by atoms with Crippen LogP contribution in [0.3, 0.4) is 0 Å². The Morgan fingerprint density at radius 1 is 1.19 bits per heavy atom. The molecule has 0 saturated heterocycles. The Morgan fingerprint density at radius 3 is 2.38 bits per heavy atom. The van der Waals surface area contributed by atoms with Crippen LogP contribution < -0.4 is 5.32 Å². The minimum atomic E-state index is -1.30. The molecule has 0 bridgehead atoms. The maximum absolute atomic E-state index is 12.2. The number of hydrogen-bond donors (Lipinski definition) is 1. The van der Waals surface area contributed by atoms with Crippen LogP contribution in [0, 0.1) is 17.2 Å². The zero-order chi connectivity index (χ0) is 15.2. The van der Waals surface area contributed by atoms with E-state index in [9.17, 15) is 9.59 Å². The second-order valence-corrected chi connectivity index (χ2v) is 5.71. The van der Waals surface area contributed by atoms with Gasteiger partial charge in [0.25, 0.3) is 0 Å². The number of rotatable bonds is 4. The Balaban J connectivity index is 2.04. The molecule has 1 aromatic rings. The van der Waals surface area contributed by atoms with Crippen LogP contribution in [-0.4, -0.2) is 17.7 Å². The third kappa shape index (κ3) is 4.05. The molecule has 2 rings (SSSR count). The number of ketones is 1. The first kappa shape index (κ1) is 15.5. The average molecular weight is 305 g/mol. The smallest absolute Gasteiger partial charge is 0.245 e. The van der Waals surface area contributed by atoms with Gasteiger partial charge in [-0.2, -0.15) is 5.26 Å². The van der Waals surface area contributed by atoms with Gasteiger partial charge in [-0.3, -0.25) is 9.59 Å². The molecule has 0 spiro atoms. The normalized spacial score (nSPS) is 16.8. The van der Waals surface area contributed by atoms with Crippen molar-refractivity contribution < 1.29 is 9.59 Å². The molecule has 4 nitrogen and oxygen atoms in total. The zero-order valence-corrected chi connectivity index (χ0v) is 12.4. The second-order valence-electron chi connectivity index (χ2n) is 5.28. The largest absolute Gasteiger partial charge is 0.352 e. The molecule has 1 aromatic carbocycles. The summed E-state index contributed by atoms with van der Waals surface area (Å²) < 4.78 is 0. The van der Waals surface area contributed by atoms with Crippen LogP contribution in [0.15, 0.2) is 24.3 Å². The van der Waals surface area contributed by atoms with Crippen molar-refractivity contribution in [2.45, 2.75) is 38.1 Å². The van der Waals surface area contributed by atoms with Crippen LogP contribution >= 0.6 is 11.6 Å². The van der Waals surface area contributed by atoms with Crippen LogP contribution in [0.1, 0.15) is 42.5 Å². The highest BCUT2D eigenvalue weighted by molar-refractivity contribution is 6.30. The van der Waals surface area contributed by atoms with E-state index in [1.807, 2.05) is 6.07 Å². The lowest BCUT2D eigenvalue weighted by atomic mass is 9.93. The number of nitrogens with zero attached hydrogens (tertiary/aromatic N) is 1. The van der Waals surface area contributed by atoms with Crippen molar-refractivity contribution in [2.24, 2.45) is 5.92 Å². The summed E-state index contributed by atoms with van der Waals surface area (Å²) in [4.78, 5) is 24.4. The molecule has 0 aliphatic heterocycles. The minimum absolute atomic E-state index is 0.0834. The van der Waals surface area contributed by atoms with Crippen LogP contribution in [0.2, 0.25) is 5.02 Å². The molecule has 110 valence electrons. The summed E-state index contributed by atoms with van der Waals surface area (Å²) in [7, 11) is 0. The van der Waals surface area contributed by atoms with Gasteiger partial charge in [-0.1, -0.05) is 30.9 Å². The number of Topliss-reactive ketones (excluding diaryl/α,β-unsaturated/α-hetero) is 1. The lowest BCUT2D eigenvalue weighted by Crippen LogP contribution is -2.42. The van der Waals surface area contributed by atoms with Crippen molar-refractivity contribution in [1.82, 2.24) is 5.32 Å². The molecule has 1 fully saturated rings. The van der Waals surface area contributed by atoms with E-state index < -0.39 is 17.6 Å². The van der Waals surface area contributed by atoms with Gasteiger partial charge in [0.15, 0.2) is 11.7 Å². The van der Waals surface area contributed by atoms with Gasteiger partial charge in [-0.15, -0.1) is 0 Å². The molecule has 1 saturated carbocycles. The molecule has 1 atom stereocenters. The van der Waals surface area contributed by atoms with Gasteiger partial charge in [0.1, 0.15) is 0 Å². The van der Waals surface area contributed by atoms with Gasteiger partial charge >= 0.3 is 0 Å². The van der Waals surface area contributed by atoms with Crippen molar-refractivity contribution in [3.63, 3.8) is 0 Å². The Bertz CT molecular complexity index is 557. The number of halogens is 1. The molecule has 1 N–H and O–H groups in total. The molecule has 0 aromatic heterocycles. The standard InChI is InChI=1S/C16H17ClN2O2/c17-12-8-6-11(7-9-12)15(20)14(10-18)16(21)19-13-4-2-1-3-5-13/h6-9,13-14H,1-5H2,(H,19,21)/t14-/m1/s1. The molecular weight excluding hydrogens is 288 g/mol. The quantitative estimate of drug-likeness (QED) is 0.686. The monoisotopic (exact) mass is 304 g/mol. The van der Waals surface area contributed by atoms with Gasteiger partial charge in [0.2, 0.25) is 5.91 Å². The molecule has 21 heavy (non-hydrogen) atoms. The zero-order valence-electron chi connectivity index (χ0n) is 11.6. The van der Waals surface area contributed by atoms with Crippen LogP contribution in [0.25, 0.3) is 0 Å². The fourth-order valence-corrected chi connectivity index (χ4v) is 2.67. The van der Waals surface area contributed by atoms with Crippen LogP contribution in [0.4, 0.5) is 0 Å². The lowest BCUT2D eigenvalue weighted by molar-refractivity contribution is -0.123. The molecule has 0 unspecified atom stereocenters. The highest BCUT2D eigenvalue weighted by Crippen LogP contribution is 2.19. The summed E-state index contributed by atoms with van der Waals surface area (Å²) in [6, 6.07) is 8.10. The van der Waals surface area contributed by atoms with Gasteiger partial charge in [-0.05, 0) is 37.1 Å². The molecule has 0 radical (unpaired) electrons. The molecule has 1 aliphatic carbocycles. The number of nitriles is 1. The Hall–Kier alpha value is -1.86. The number of nitrogens with one attached hydrogen (secondary N) is 1. The topological polar surface area (TPSA) is 70.0 Å². The summed E-state index contributed by atoms with van der Waals surface area (Å²) in [5, 5.41) is 12.5. The van der Waals surface area contributed by atoms with E-state index in [1.54, 1.807) is 12.1 Å². The summed E-state index contributed by atoms with van der Waals surface area (Å²) in [6.07, 6.45) is 5.16. The van der Waals surface area contributed by atoms with Crippen molar-refractivity contribution in [2.75, 3.05) is 0 Å². The fraction of sp³-hybridized carbons (Fsp3) is 0.438. The maximum atomic E-state index is 12.2. The predicted molar refractivity (Wildman–Crippen MR) is 79.9 cm³/mol. The third-order valence-corrected chi connectivity index (χ3v) is 3.99. The highest BCUT2D eigenvalue weighted by Gasteiger charge is 2.29. The Morgan fingerprint density at radius 2 is 1.81 bits per heavy atom. The van der Waals surface area contributed by atoms with Crippen molar-refractivity contribution in [1.29, 1.82) is 5.26 Å². The first-order chi connectivity index (χ1) is 10.1. The van der Waals surface area contributed by atoms with E-state index in [0.29, 0.717) is 10.6 Å². The summed E-state index contributed by atoms with van der Waals surface area (Å²) in [5.41, 5.74) is 0.324. The summed E-state index contributed by atoms with van der Waals surface area (Å²) in [6.45, 7) is 0. The van der Waals surface area contributed by atoms with Crippen LogP contribution in [-0.2, 0) is 4.79 Å². The highest BCUT2D eigenvalue weighted by atomic mass is 35.5. The molecule has 5 heteroatoms. The van der Waals surface area contributed by atoms with E-state index in [4.69, 9.17) is 16.9 Å². The molecule has 1 aliphatic rings. The molecule has 0 heterocycles. The second kappa shape index (κ2) is 7.24. The van der Waals surface area contributed by atoms with Crippen molar-refractivity contribution >= 4 is 23.3 Å². The van der Waals surface area contributed by atoms with Crippen molar-refractivity contribution in [3.05, 3.63) is 34.9 Å². The van der Waals surface area contributed by atoms with E-state index in [0.717, 1.165) is 25.7 Å². The summed E-state index contributed by atoms with van der Waals surface area (Å²) >= 11 is 5.77. The number of benzene rings is 1. The van der Waals surface area contributed by atoms with Crippen molar-refractivity contribution in [3.8, 4) is 6.07 Å². The maximum Gasteiger partial charge on any atom is 0.245 e. The molecular formula is C16H17ClN2O2. The number of amides is 1. The van der Waals surface area contributed by atoms with E-state index in [1.165, 1.54) is 18.6 Å². The average Bonchev–Trinajstić information content (AvgIpc) is 2.49. The first-order valence-electron chi connectivity index (χ1n) is 7.11. The lowest BCUT2D eigenvalue weighted by Gasteiger charge is -2.23. The summed E-state index contributed by atoms with van der Waals surface area (Å²) in [5.74, 6) is -2.28. The predicted octanol–water partition coefficient (Wildman–Crippen LogP) is 3.11. The Labute approximate surface area is 129 Å². The third-order valence-electron chi connectivity index (χ3n) is 3.73. The number of carbonyl (C=O) groups is 2. The number of carbonyl (C=O) groups excluding carboxylic acids is 2. The van der Waals surface area contributed by atoms with Gasteiger partial charge in [0.05, 0.1) is 6.07 Å². The number of hydrogen-bond acceptors (Lipinski definition) is 3. The van der Waals surface area contributed by atoms with Gasteiger partial charge in [0, 0.05) is 16.6 Å². The fourth-order valence-electron chi connectivity index (χ4n) is 2.55. The first-order valence-corrected chi connectivity index (χ1v) is 7.49. The van der Waals surface area contributed by atoms with E-state index in [-0.39, 0.29) is 6.04 Å². The van der Waals surface area contributed by atoms with Crippen LogP contribution in [0.5, 0.6) is 0 Å². The van der Waals surface area contributed by atoms with Gasteiger partial charge < -0.3 is 5.32 Å². The van der Waals surface area contributed by atoms with E-state index >= 15 is 0 Å². The minimum Gasteiger partial charge on any atom is -0.352 e. The molecule has 1 amide bonds. The van der Waals surface area contributed by atoms with Gasteiger partial charge in [-0.25, -0.2) is 0 Å². The SMILES string of the molecule is N#C[C@@H](C(=O)NC1CCCCC1)C(=O)c1ccc(Cl)cc1.